The van der Waals surface area contributed by atoms with Crippen molar-refractivity contribution in [3.63, 3.8) is 0 Å². The topological polar surface area (TPSA) is 106 Å². The first-order valence-corrected chi connectivity index (χ1v) is 13.0. The van der Waals surface area contributed by atoms with Crippen molar-refractivity contribution in [3.8, 4) is 10.6 Å². The molecule has 0 fully saturated rings. The lowest BCUT2D eigenvalue weighted by Crippen LogP contribution is -2.32. The lowest BCUT2D eigenvalue weighted by Gasteiger charge is -2.18. The summed E-state index contributed by atoms with van der Waals surface area (Å²) in [7, 11) is 0. The molecule has 0 bridgehead atoms. The summed E-state index contributed by atoms with van der Waals surface area (Å²) in [5.41, 5.74) is 2.07. The van der Waals surface area contributed by atoms with E-state index in [4.69, 9.17) is 21.3 Å². The summed E-state index contributed by atoms with van der Waals surface area (Å²) >= 11 is 7.68. The van der Waals surface area contributed by atoms with Gasteiger partial charge in [0.25, 0.3) is 5.91 Å². The quantitative estimate of drug-likeness (QED) is 0.213. The van der Waals surface area contributed by atoms with Crippen LogP contribution in [0.3, 0.4) is 0 Å². The number of carboxylic acids is 1. The second-order valence-electron chi connectivity index (χ2n) is 8.49. The van der Waals surface area contributed by atoms with Crippen molar-refractivity contribution in [2.45, 2.75) is 19.4 Å². The molecule has 0 aliphatic carbocycles. The number of nitrogens with zero attached hydrogens (tertiary/aromatic N) is 1. The highest BCUT2D eigenvalue weighted by Gasteiger charge is 2.25. The van der Waals surface area contributed by atoms with Crippen LogP contribution >= 0.6 is 22.9 Å². The number of esters is 1. The molecule has 0 aliphatic rings. The molecular formula is C29H21ClN2O5S. The molecule has 0 spiro atoms. The van der Waals surface area contributed by atoms with E-state index in [0.717, 1.165) is 26.2 Å². The molecule has 1 atom stereocenters. The number of benzene rings is 4. The summed E-state index contributed by atoms with van der Waals surface area (Å²) in [5, 5.41) is 14.3. The molecule has 0 aliphatic heterocycles. The van der Waals surface area contributed by atoms with E-state index in [1.807, 2.05) is 48.5 Å². The number of rotatable bonds is 7. The molecule has 0 saturated carbocycles. The minimum atomic E-state index is -1.16. The smallest absolute Gasteiger partial charge is 0.339 e. The molecule has 1 aromatic heterocycles. The van der Waals surface area contributed by atoms with Gasteiger partial charge < -0.3 is 15.2 Å². The number of carbonyl (C=O) groups is 3. The Morgan fingerprint density at radius 1 is 1.03 bits per heavy atom. The van der Waals surface area contributed by atoms with Gasteiger partial charge in [-0.05, 0) is 48.2 Å². The first kappa shape index (κ1) is 25.4. The van der Waals surface area contributed by atoms with Crippen LogP contribution in [-0.4, -0.2) is 34.0 Å². The SMILES string of the molecule is CCC(OC(=O)c1cccc2cccc(-c3nc4ccccc4s3)c12)C(=O)Nc1cc(C(=O)O)ccc1Cl. The van der Waals surface area contributed by atoms with Gasteiger partial charge in [-0.2, -0.15) is 0 Å². The van der Waals surface area contributed by atoms with Crippen molar-refractivity contribution in [1.82, 2.24) is 4.98 Å². The largest absolute Gasteiger partial charge is 0.478 e. The summed E-state index contributed by atoms with van der Waals surface area (Å²) in [5.74, 6) is -2.43. The molecule has 9 heteroatoms. The van der Waals surface area contributed by atoms with Gasteiger partial charge in [0.2, 0.25) is 0 Å². The monoisotopic (exact) mass is 544 g/mol. The van der Waals surface area contributed by atoms with Crippen molar-refractivity contribution in [3.05, 3.63) is 95.0 Å². The number of hydrogen-bond donors (Lipinski definition) is 2. The number of aromatic carboxylic acids is 1. The van der Waals surface area contributed by atoms with Crippen molar-refractivity contribution >= 4 is 67.5 Å². The number of carboxylic acid groups (broad SMARTS) is 1. The van der Waals surface area contributed by atoms with Crippen molar-refractivity contribution in [2.24, 2.45) is 0 Å². The van der Waals surface area contributed by atoms with Crippen LogP contribution in [0.4, 0.5) is 5.69 Å². The zero-order valence-corrected chi connectivity index (χ0v) is 21.7. The maximum Gasteiger partial charge on any atom is 0.339 e. The highest BCUT2D eigenvalue weighted by Crippen LogP contribution is 2.36. The summed E-state index contributed by atoms with van der Waals surface area (Å²) in [6.45, 7) is 1.71. The van der Waals surface area contributed by atoms with Gasteiger partial charge in [0, 0.05) is 10.9 Å². The predicted molar refractivity (Wildman–Crippen MR) is 149 cm³/mol. The fraction of sp³-hybridized carbons (Fsp3) is 0.103. The predicted octanol–water partition coefficient (Wildman–Crippen LogP) is 7.04. The Morgan fingerprint density at radius 2 is 1.79 bits per heavy atom. The molecule has 1 unspecified atom stereocenters. The molecule has 0 radical (unpaired) electrons. The molecule has 5 aromatic rings. The van der Waals surface area contributed by atoms with Gasteiger partial charge in [0.1, 0.15) is 5.01 Å². The number of para-hydroxylation sites is 1. The van der Waals surface area contributed by atoms with E-state index in [9.17, 15) is 19.5 Å². The minimum absolute atomic E-state index is 0.0344. The van der Waals surface area contributed by atoms with Gasteiger partial charge in [0.15, 0.2) is 6.10 Å². The molecule has 38 heavy (non-hydrogen) atoms. The number of thiazole rings is 1. The fourth-order valence-electron chi connectivity index (χ4n) is 4.16. The lowest BCUT2D eigenvalue weighted by atomic mass is 9.99. The highest BCUT2D eigenvalue weighted by molar-refractivity contribution is 7.21. The van der Waals surface area contributed by atoms with Crippen LogP contribution in [0.1, 0.15) is 34.1 Å². The highest BCUT2D eigenvalue weighted by atomic mass is 35.5. The number of halogens is 1. The average molecular weight is 545 g/mol. The van der Waals surface area contributed by atoms with Gasteiger partial charge in [-0.15, -0.1) is 11.3 Å². The number of nitrogens with one attached hydrogen (secondary N) is 1. The van der Waals surface area contributed by atoms with Crippen molar-refractivity contribution < 1.29 is 24.2 Å². The lowest BCUT2D eigenvalue weighted by molar-refractivity contribution is -0.124. The molecule has 1 amide bonds. The Kier molecular flexibility index (Phi) is 7.09. The molecule has 0 saturated heterocycles. The molecule has 4 aromatic carbocycles. The number of ether oxygens (including phenoxy) is 1. The Labute approximate surface area is 226 Å². The van der Waals surface area contributed by atoms with Crippen LogP contribution in [0.25, 0.3) is 31.6 Å². The Bertz CT molecular complexity index is 1680. The second-order valence-corrected chi connectivity index (χ2v) is 9.93. The number of carbonyl (C=O) groups excluding carboxylic acids is 2. The van der Waals surface area contributed by atoms with E-state index >= 15 is 0 Å². The molecule has 5 rings (SSSR count). The number of hydrogen-bond acceptors (Lipinski definition) is 6. The molecule has 190 valence electrons. The van der Waals surface area contributed by atoms with Crippen LogP contribution in [-0.2, 0) is 9.53 Å². The van der Waals surface area contributed by atoms with Gasteiger partial charge in [0.05, 0.1) is 32.1 Å². The summed E-state index contributed by atoms with van der Waals surface area (Å²) in [6, 6.07) is 22.9. The van der Waals surface area contributed by atoms with E-state index < -0.39 is 23.9 Å². The second kappa shape index (κ2) is 10.6. The van der Waals surface area contributed by atoms with Crippen LogP contribution < -0.4 is 5.32 Å². The molecule has 2 N–H and O–H groups in total. The van der Waals surface area contributed by atoms with Crippen molar-refractivity contribution in [1.29, 1.82) is 0 Å². The minimum Gasteiger partial charge on any atom is -0.478 e. The van der Waals surface area contributed by atoms with Gasteiger partial charge >= 0.3 is 11.9 Å². The zero-order valence-electron chi connectivity index (χ0n) is 20.1. The normalized spacial score (nSPS) is 11.8. The maximum atomic E-state index is 13.4. The third-order valence-electron chi connectivity index (χ3n) is 6.03. The van der Waals surface area contributed by atoms with E-state index in [2.05, 4.69) is 5.32 Å². The summed E-state index contributed by atoms with van der Waals surface area (Å²) < 4.78 is 6.70. The van der Waals surface area contributed by atoms with Crippen LogP contribution in [0.2, 0.25) is 5.02 Å². The fourth-order valence-corrected chi connectivity index (χ4v) is 5.32. The van der Waals surface area contributed by atoms with Gasteiger partial charge in [-0.1, -0.05) is 61.0 Å². The standard InChI is InChI=1S/C29H21ClN2O5S/c1-2-23(26(33)31-22-15-17(28(34)35)13-14-20(22)30)37-29(36)19-10-6-8-16-7-5-9-18(25(16)19)27-32-21-11-3-4-12-24(21)38-27/h3-15,23H,2H2,1H3,(H,31,33)(H,34,35). The maximum absolute atomic E-state index is 13.4. The Balaban J connectivity index is 1.46. The first-order valence-electron chi connectivity index (χ1n) is 11.8. The van der Waals surface area contributed by atoms with Crippen molar-refractivity contribution in [2.75, 3.05) is 5.32 Å². The molecular weight excluding hydrogens is 524 g/mol. The third-order valence-corrected chi connectivity index (χ3v) is 7.43. The van der Waals surface area contributed by atoms with Gasteiger partial charge in [-0.3, -0.25) is 4.79 Å². The van der Waals surface area contributed by atoms with Crippen LogP contribution in [0, 0.1) is 0 Å². The third kappa shape index (κ3) is 4.96. The Morgan fingerprint density at radius 3 is 2.53 bits per heavy atom. The Hall–Kier alpha value is -4.27. The van der Waals surface area contributed by atoms with Crippen LogP contribution in [0.5, 0.6) is 0 Å². The van der Waals surface area contributed by atoms with E-state index in [1.54, 1.807) is 19.1 Å². The van der Waals surface area contributed by atoms with E-state index in [-0.39, 0.29) is 22.7 Å². The number of amides is 1. The molecule has 7 nitrogen and oxygen atoms in total. The van der Waals surface area contributed by atoms with Crippen LogP contribution in [0.15, 0.2) is 78.9 Å². The van der Waals surface area contributed by atoms with E-state index in [0.29, 0.717) is 10.9 Å². The first-order chi connectivity index (χ1) is 18.4. The summed E-state index contributed by atoms with van der Waals surface area (Å²) in [6.07, 6.45) is -0.930. The van der Waals surface area contributed by atoms with Gasteiger partial charge in [-0.25, -0.2) is 14.6 Å². The summed E-state index contributed by atoms with van der Waals surface area (Å²) in [4.78, 5) is 42.5. The molecule has 1 heterocycles. The van der Waals surface area contributed by atoms with E-state index in [1.165, 1.54) is 29.5 Å². The number of anilines is 1. The number of fused-ring (bicyclic) bond motifs is 2. The zero-order chi connectivity index (χ0) is 26.8. The number of aromatic nitrogens is 1. The average Bonchev–Trinajstić information content (AvgIpc) is 3.36.